The molecule has 2 amide bonds. The van der Waals surface area contributed by atoms with Crippen LogP contribution in [0.15, 0.2) is 54.6 Å². The number of hydrogen-bond donors (Lipinski definition) is 3. The summed E-state index contributed by atoms with van der Waals surface area (Å²) in [6.07, 6.45) is 1.63. The predicted octanol–water partition coefficient (Wildman–Crippen LogP) is 2.24. The smallest absolute Gasteiger partial charge is 0.256 e. The highest BCUT2D eigenvalue weighted by molar-refractivity contribution is 6.00. The summed E-state index contributed by atoms with van der Waals surface area (Å²) in [6.45, 7) is 0.423. The van der Waals surface area contributed by atoms with Crippen molar-refractivity contribution in [2.24, 2.45) is 5.92 Å². The zero-order valence-corrected chi connectivity index (χ0v) is 13.7. The third kappa shape index (κ3) is 6.00. The van der Waals surface area contributed by atoms with E-state index in [0.29, 0.717) is 12.1 Å². The Morgan fingerprint density at radius 2 is 1.64 bits per heavy atom. The first-order valence-electron chi connectivity index (χ1n) is 8.10. The highest BCUT2D eigenvalue weighted by Gasteiger charge is 2.26. The van der Waals surface area contributed by atoms with E-state index >= 15 is 0 Å². The maximum Gasteiger partial charge on any atom is 0.256 e. The fraction of sp³-hybridized carbons (Fsp3) is 0.263. The molecule has 25 heavy (non-hydrogen) atoms. The number of aryl methyl sites for hydroxylation is 1. The Balaban J connectivity index is 1.87. The van der Waals surface area contributed by atoms with E-state index < -0.39 is 23.5 Å². The van der Waals surface area contributed by atoms with E-state index in [2.05, 4.69) is 5.32 Å². The minimum Gasteiger partial charge on any atom is -0.355 e. The molecule has 3 N–H and O–H groups in total. The van der Waals surface area contributed by atoms with Crippen molar-refractivity contribution in [3.05, 3.63) is 71.5 Å². The van der Waals surface area contributed by atoms with E-state index in [9.17, 15) is 14.0 Å². The third-order valence-electron chi connectivity index (χ3n) is 3.88. The summed E-state index contributed by atoms with van der Waals surface area (Å²) in [5.41, 5.74) is 3.33. The normalized spacial score (nSPS) is 11.6. The Morgan fingerprint density at radius 1 is 0.960 bits per heavy atom. The number of nitrogens with one attached hydrogen (secondary N) is 2. The van der Waals surface area contributed by atoms with Crippen LogP contribution in [0, 0.1) is 11.7 Å². The molecule has 0 radical (unpaired) electrons. The van der Waals surface area contributed by atoms with Gasteiger partial charge in [-0.3, -0.25) is 14.8 Å². The summed E-state index contributed by atoms with van der Waals surface area (Å²) < 4.78 is 13.0. The van der Waals surface area contributed by atoms with E-state index in [4.69, 9.17) is 5.21 Å². The average Bonchev–Trinajstić information content (AvgIpc) is 2.65. The van der Waals surface area contributed by atoms with Crippen LogP contribution in [-0.2, 0) is 22.4 Å². The number of benzene rings is 2. The van der Waals surface area contributed by atoms with Crippen molar-refractivity contribution < 1.29 is 19.2 Å². The first kappa shape index (κ1) is 18.6. The Kier molecular flexibility index (Phi) is 7.10. The number of carbonyl (C=O) groups excluding carboxylic acids is 2. The zero-order chi connectivity index (χ0) is 18.1. The third-order valence-corrected chi connectivity index (χ3v) is 3.88. The van der Waals surface area contributed by atoms with Crippen LogP contribution in [0.4, 0.5) is 4.39 Å². The molecule has 6 heteroatoms. The summed E-state index contributed by atoms with van der Waals surface area (Å²) in [5.74, 6) is -2.72. The minimum atomic E-state index is -1.08. The van der Waals surface area contributed by atoms with Crippen molar-refractivity contribution in [3.63, 3.8) is 0 Å². The van der Waals surface area contributed by atoms with Crippen molar-refractivity contribution in [2.45, 2.75) is 19.3 Å². The number of hydroxylamine groups is 1. The van der Waals surface area contributed by atoms with E-state index in [1.165, 1.54) is 35.3 Å². The second-order valence-electron chi connectivity index (χ2n) is 5.74. The lowest BCUT2D eigenvalue weighted by molar-refractivity contribution is -0.140. The molecule has 0 aliphatic heterocycles. The van der Waals surface area contributed by atoms with E-state index in [0.717, 1.165) is 12.8 Å². The van der Waals surface area contributed by atoms with Gasteiger partial charge in [0.2, 0.25) is 5.91 Å². The number of amides is 2. The Labute approximate surface area is 145 Å². The van der Waals surface area contributed by atoms with Gasteiger partial charge in [-0.05, 0) is 42.5 Å². The average molecular weight is 344 g/mol. The Bertz CT molecular complexity index is 690. The van der Waals surface area contributed by atoms with Crippen molar-refractivity contribution in [3.8, 4) is 0 Å². The van der Waals surface area contributed by atoms with Gasteiger partial charge in [0.25, 0.3) is 5.91 Å². The minimum absolute atomic E-state index is 0.0805. The molecule has 2 aromatic rings. The molecule has 0 aromatic heterocycles. The molecular weight excluding hydrogens is 323 g/mol. The van der Waals surface area contributed by atoms with Crippen LogP contribution in [0.2, 0.25) is 0 Å². The molecule has 132 valence electrons. The van der Waals surface area contributed by atoms with Crippen LogP contribution in [0.1, 0.15) is 17.5 Å². The topological polar surface area (TPSA) is 78.4 Å². The monoisotopic (exact) mass is 344 g/mol. The second kappa shape index (κ2) is 9.54. The summed E-state index contributed by atoms with van der Waals surface area (Å²) in [7, 11) is 0. The van der Waals surface area contributed by atoms with Gasteiger partial charge in [-0.25, -0.2) is 9.87 Å². The van der Waals surface area contributed by atoms with Gasteiger partial charge in [-0.15, -0.1) is 0 Å². The molecule has 0 heterocycles. The van der Waals surface area contributed by atoms with Gasteiger partial charge in [0.05, 0.1) is 0 Å². The SMILES string of the molecule is O=C(NO)C(Cc1ccc(F)cc1)C(=O)NCCCc1ccccc1. The highest BCUT2D eigenvalue weighted by Crippen LogP contribution is 2.11. The molecule has 5 nitrogen and oxygen atoms in total. The fourth-order valence-corrected chi connectivity index (χ4v) is 2.51. The molecule has 0 saturated carbocycles. The lowest BCUT2D eigenvalue weighted by Gasteiger charge is -2.15. The lowest BCUT2D eigenvalue weighted by atomic mass is 9.97. The summed E-state index contributed by atoms with van der Waals surface area (Å²) in [6, 6.07) is 15.4. The van der Waals surface area contributed by atoms with Crippen molar-refractivity contribution in [2.75, 3.05) is 6.54 Å². The van der Waals surface area contributed by atoms with E-state index in [1.54, 1.807) is 0 Å². The van der Waals surface area contributed by atoms with Gasteiger partial charge in [0, 0.05) is 6.54 Å². The van der Waals surface area contributed by atoms with E-state index in [-0.39, 0.29) is 6.42 Å². The molecule has 0 bridgehead atoms. The lowest BCUT2D eigenvalue weighted by Crippen LogP contribution is -2.41. The second-order valence-corrected chi connectivity index (χ2v) is 5.74. The molecule has 0 aliphatic carbocycles. The summed E-state index contributed by atoms with van der Waals surface area (Å²) in [5, 5.41) is 11.6. The van der Waals surface area contributed by atoms with Crippen LogP contribution in [0.5, 0.6) is 0 Å². The van der Waals surface area contributed by atoms with Crippen molar-refractivity contribution >= 4 is 11.8 Å². The molecule has 0 aliphatic rings. The van der Waals surface area contributed by atoms with Gasteiger partial charge >= 0.3 is 0 Å². The Hall–Kier alpha value is -2.73. The van der Waals surface area contributed by atoms with Gasteiger partial charge in [0.1, 0.15) is 11.7 Å². The fourth-order valence-electron chi connectivity index (χ4n) is 2.51. The first-order chi connectivity index (χ1) is 12.1. The van der Waals surface area contributed by atoms with Crippen LogP contribution in [0.25, 0.3) is 0 Å². The van der Waals surface area contributed by atoms with Gasteiger partial charge < -0.3 is 5.32 Å². The maximum atomic E-state index is 13.0. The van der Waals surface area contributed by atoms with Crippen molar-refractivity contribution in [1.82, 2.24) is 10.8 Å². The molecular formula is C19H21FN2O3. The number of hydrogen-bond acceptors (Lipinski definition) is 3. The van der Waals surface area contributed by atoms with Crippen LogP contribution in [0.3, 0.4) is 0 Å². The molecule has 2 rings (SSSR count). The largest absolute Gasteiger partial charge is 0.355 e. The van der Waals surface area contributed by atoms with Gasteiger partial charge in [-0.2, -0.15) is 0 Å². The predicted molar refractivity (Wildman–Crippen MR) is 91.3 cm³/mol. The Morgan fingerprint density at radius 3 is 2.28 bits per heavy atom. The number of carbonyl (C=O) groups is 2. The molecule has 0 fully saturated rings. The van der Waals surface area contributed by atoms with Gasteiger partial charge in [0.15, 0.2) is 0 Å². The maximum absolute atomic E-state index is 13.0. The van der Waals surface area contributed by atoms with Gasteiger partial charge in [-0.1, -0.05) is 42.5 Å². The van der Waals surface area contributed by atoms with Crippen LogP contribution >= 0.6 is 0 Å². The highest BCUT2D eigenvalue weighted by atomic mass is 19.1. The van der Waals surface area contributed by atoms with Crippen LogP contribution in [-0.4, -0.2) is 23.6 Å². The quantitative estimate of drug-likeness (QED) is 0.297. The number of halogens is 1. The summed E-state index contributed by atoms with van der Waals surface area (Å²) in [4.78, 5) is 24.1. The van der Waals surface area contributed by atoms with Crippen molar-refractivity contribution in [1.29, 1.82) is 0 Å². The molecule has 0 saturated heterocycles. The molecule has 2 aromatic carbocycles. The zero-order valence-electron chi connectivity index (χ0n) is 13.7. The standard InChI is InChI=1S/C19H21FN2O3/c20-16-10-8-15(9-11-16)13-17(19(24)22-25)18(23)21-12-4-7-14-5-2-1-3-6-14/h1-3,5-6,8-11,17,25H,4,7,12-13H2,(H,21,23)(H,22,24). The molecule has 1 atom stereocenters. The molecule has 1 unspecified atom stereocenters. The van der Waals surface area contributed by atoms with E-state index in [1.807, 2.05) is 30.3 Å². The molecule has 0 spiro atoms. The number of rotatable bonds is 8. The first-order valence-corrected chi connectivity index (χ1v) is 8.10. The summed E-state index contributed by atoms with van der Waals surface area (Å²) >= 11 is 0. The van der Waals surface area contributed by atoms with Crippen LogP contribution < -0.4 is 10.8 Å².